The largest absolute Gasteiger partial charge is 0.433 e. The average Bonchev–Trinajstić information content (AvgIpc) is 2.71. The first-order valence-corrected chi connectivity index (χ1v) is 10.5. The van der Waals surface area contributed by atoms with Gasteiger partial charge in [-0.2, -0.15) is 13.2 Å². The maximum atomic E-state index is 12.8. The van der Waals surface area contributed by atoms with Gasteiger partial charge in [0.15, 0.2) is 0 Å². The highest BCUT2D eigenvalue weighted by Crippen LogP contribution is 2.34. The zero-order chi connectivity index (χ0) is 20.6. The van der Waals surface area contributed by atoms with Gasteiger partial charge in [0, 0.05) is 33.6 Å². The van der Waals surface area contributed by atoms with Crippen molar-refractivity contribution in [3.63, 3.8) is 0 Å². The molecule has 0 saturated carbocycles. The summed E-state index contributed by atoms with van der Waals surface area (Å²) in [5, 5.41) is 3.19. The number of carbonyl (C=O) groups is 1. The Morgan fingerprint density at radius 3 is 2.45 bits per heavy atom. The molecule has 0 unspecified atom stereocenters. The van der Waals surface area contributed by atoms with Crippen LogP contribution in [0.25, 0.3) is 0 Å². The van der Waals surface area contributed by atoms with Crippen molar-refractivity contribution in [2.45, 2.75) is 47.8 Å². The van der Waals surface area contributed by atoms with Crippen LogP contribution in [0.15, 0.2) is 52.4 Å². The Bertz CT molecular complexity index is 877. The molecule has 0 aliphatic carbocycles. The first kappa shape index (κ1) is 20.2. The van der Waals surface area contributed by atoms with Crippen LogP contribution < -0.4 is 5.32 Å². The van der Waals surface area contributed by atoms with Crippen LogP contribution in [0.5, 0.6) is 0 Å². The standard InChI is InChI=1S/C21H22F3N3OS/c1-13-19(14-7-10-27(13)11-8-14)26-20(28)15-2-4-16(5-3-15)29-17-6-9-25-18(12-17)21(22,23)24/h2-6,9,12-14,19H,7-8,10-11H2,1H3,(H,26,28)/t13-,19-/m0/s1. The van der Waals surface area contributed by atoms with Crippen molar-refractivity contribution in [3.05, 3.63) is 53.9 Å². The molecule has 8 heteroatoms. The lowest BCUT2D eigenvalue weighted by Gasteiger charge is -2.49. The number of nitrogens with zero attached hydrogens (tertiary/aromatic N) is 2. The second-order valence-corrected chi connectivity index (χ2v) is 8.76. The molecule has 3 aliphatic heterocycles. The number of alkyl halides is 3. The van der Waals surface area contributed by atoms with Gasteiger partial charge in [0.2, 0.25) is 0 Å². The Morgan fingerprint density at radius 1 is 1.14 bits per heavy atom. The average molecular weight is 421 g/mol. The van der Waals surface area contributed by atoms with Gasteiger partial charge in [0.1, 0.15) is 5.69 Å². The van der Waals surface area contributed by atoms with Crippen LogP contribution >= 0.6 is 11.8 Å². The second kappa shape index (κ2) is 7.99. The van der Waals surface area contributed by atoms with Crippen molar-refractivity contribution >= 4 is 17.7 Å². The van der Waals surface area contributed by atoms with Crippen molar-refractivity contribution < 1.29 is 18.0 Å². The molecule has 3 fully saturated rings. The minimum atomic E-state index is -4.47. The van der Waals surface area contributed by atoms with E-state index in [9.17, 15) is 18.0 Å². The first-order valence-electron chi connectivity index (χ1n) is 9.67. The second-order valence-electron chi connectivity index (χ2n) is 7.61. The molecule has 154 valence electrons. The molecule has 2 bridgehead atoms. The predicted octanol–water partition coefficient (Wildman–Crippen LogP) is 4.46. The number of piperidine rings is 3. The molecule has 1 aromatic carbocycles. The normalized spacial score (nSPS) is 26.3. The minimum absolute atomic E-state index is 0.101. The van der Waals surface area contributed by atoms with Gasteiger partial charge >= 0.3 is 6.18 Å². The highest BCUT2D eigenvalue weighted by atomic mass is 32.2. The van der Waals surface area contributed by atoms with Crippen LogP contribution in [0.3, 0.4) is 0 Å². The Morgan fingerprint density at radius 2 is 1.83 bits per heavy atom. The number of rotatable bonds is 4. The number of pyridine rings is 1. The Labute approximate surface area is 171 Å². The van der Waals surface area contributed by atoms with Gasteiger partial charge in [0.05, 0.1) is 0 Å². The third-order valence-corrected chi connectivity index (χ3v) is 6.85. The van der Waals surface area contributed by atoms with E-state index in [-0.39, 0.29) is 11.9 Å². The fraction of sp³-hybridized carbons (Fsp3) is 0.429. The molecule has 2 atom stereocenters. The highest BCUT2D eigenvalue weighted by molar-refractivity contribution is 7.99. The number of carbonyl (C=O) groups excluding carboxylic acids is 1. The minimum Gasteiger partial charge on any atom is -0.347 e. The van der Waals surface area contributed by atoms with E-state index in [1.165, 1.54) is 17.8 Å². The lowest BCUT2D eigenvalue weighted by Crippen LogP contribution is -2.62. The lowest BCUT2D eigenvalue weighted by atomic mass is 9.79. The summed E-state index contributed by atoms with van der Waals surface area (Å²) >= 11 is 1.21. The summed E-state index contributed by atoms with van der Waals surface area (Å²) in [6.45, 7) is 4.38. The number of fused-ring (bicyclic) bond motifs is 3. The van der Waals surface area contributed by atoms with E-state index in [4.69, 9.17) is 0 Å². The van der Waals surface area contributed by atoms with Crippen molar-refractivity contribution in [3.8, 4) is 0 Å². The van der Waals surface area contributed by atoms with Crippen LogP contribution in [0, 0.1) is 5.92 Å². The van der Waals surface area contributed by atoms with E-state index in [2.05, 4.69) is 22.1 Å². The first-order chi connectivity index (χ1) is 13.8. The summed E-state index contributed by atoms with van der Waals surface area (Å²) in [5.74, 6) is 0.429. The summed E-state index contributed by atoms with van der Waals surface area (Å²) in [7, 11) is 0. The number of hydrogen-bond acceptors (Lipinski definition) is 4. The van der Waals surface area contributed by atoms with Crippen LogP contribution in [0.2, 0.25) is 0 Å². The Hall–Kier alpha value is -2.06. The maximum Gasteiger partial charge on any atom is 0.433 e. The van der Waals surface area contributed by atoms with Crippen molar-refractivity contribution in [1.82, 2.24) is 15.2 Å². The van der Waals surface area contributed by atoms with Gasteiger partial charge in [-0.15, -0.1) is 0 Å². The number of nitrogens with one attached hydrogen (secondary N) is 1. The molecule has 0 radical (unpaired) electrons. The van der Waals surface area contributed by atoms with Gasteiger partial charge in [-0.05, 0) is 75.2 Å². The fourth-order valence-electron chi connectivity index (χ4n) is 4.22. The van der Waals surface area contributed by atoms with Crippen molar-refractivity contribution in [2.75, 3.05) is 13.1 Å². The molecule has 3 saturated heterocycles. The quantitative estimate of drug-likeness (QED) is 0.792. The fourth-order valence-corrected chi connectivity index (χ4v) is 5.06. The smallest absolute Gasteiger partial charge is 0.347 e. The van der Waals surface area contributed by atoms with Crippen molar-refractivity contribution in [2.24, 2.45) is 5.92 Å². The molecular formula is C21H22F3N3OS. The van der Waals surface area contributed by atoms with Crippen LogP contribution in [0.1, 0.15) is 35.8 Å². The summed E-state index contributed by atoms with van der Waals surface area (Å²) in [4.78, 5) is 19.7. The maximum absolute atomic E-state index is 12.8. The molecular weight excluding hydrogens is 399 g/mol. The molecule has 0 spiro atoms. The van der Waals surface area contributed by atoms with Crippen LogP contribution in [-0.2, 0) is 6.18 Å². The number of aromatic nitrogens is 1. The number of hydrogen-bond donors (Lipinski definition) is 1. The predicted molar refractivity (Wildman–Crippen MR) is 105 cm³/mol. The van der Waals surface area contributed by atoms with Crippen LogP contribution in [-0.4, -0.2) is 41.0 Å². The van der Waals surface area contributed by atoms with E-state index < -0.39 is 11.9 Å². The third-order valence-electron chi connectivity index (χ3n) is 5.85. The van der Waals surface area contributed by atoms with E-state index in [0.29, 0.717) is 22.4 Å². The number of amides is 1. The zero-order valence-corrected chi connectivity index (χ0v) is 16.8. The monoisotopic (exact) mass is 421 g/mol. The molecule has 1 amide bonds. The van der Waals surface area contributed by atoms with E-state index >= 15 is 0 Å². The van der Waals surface area contributed by atoms with E-state index in [0.717, 1.165) is 43.1 Å². The molecule has 4 nitrogen and oxygen atoms in total. The van der Waals surface area contributed by atoms with Gasteiger partial charge in [-0.1, -0.05) is 11.8 Å². The molecule has 1 aromatic heterocycles. The number of halogens is 3. The Kier molecular flexibility index (Phi) is 5.57. The summed E-state index contributed by atoms with van der Waals surface area (Å²) in [6.07, 6.45) is -1.07. The van der Waals surface area contributed by atoms with Crippen molar-refractivity contribution in [1.29, 1.82) is 0 Å². The molecule has 2 aromatic rings. The third kappa shape index (κ3) is 4.43. The topological polar surface area (TPSA) is 45.2 Å². The lowest BCUT2D eigenvalue weighted by molar-refractivity contribution is -0.141. The molecule has 3 aliphatic rings. The highest BCUT2D eigenvalue weighted by Gasteiger charge is 2.40. The summed E-state index contributed by atoms with van der Waals surface area (Å²) in [6, 6.07) is 10.0. The Balaban J connectivity index is 1.41. The van der Waals surface area contributed by atoms with Gasteiger partial charge in [-0.3, -0.25) is 14.7 Å². The van der Waals surface area contributed by atoms with Gasteiger partial charge in [-0.25, -0.2) is 0 Å². The molecule has 1 N–H and O–H groups in total. The van der Waals surface area contributed by atoms with Gasteiger partial charge < -0.3 is 5.32 Å². The van der Waals surface area contributed by atoms with Gasteiger partial charge in [0.25, 0.3) is 5.91 Å². The molecule has 29 heavy (non-hydrogen) atoms. The van der Waals surface area contributed by atoms with Crippen LogP contribution in [0.4, 0.5) is 13.2 Å². The van der Waals surface area contributed by atoms with E-state index in [1.54, 1.807) is 24.3 Å². The summed E-state index contributed by atoms with van der Waals surface area (Å²) in [5.41, 5.74) is -0.353. The summed E-state index contributed by atoms with van der Waals surface area (Å²) < 4.78 is 38.4. The number of benzene rings is 1. The van der Waals surface area contributed by atoms with E-state index in [1.807, 2.05) is 0 Å². The molecule has 4 heterocycles. The SMILES string of the molecule is C[C@H]1[C@H](NC(=O)c2ccc(Sc3ccnc(C(F)(F)F)c3)cc2)C2CCN1CC2. The molecule has 5 rings (SSSR count). The zero-order valence-electron chi connectivity index (χ0n) is 15.9.